The molecule has 0 spiro atoms. The zero-order valence-electron chi connectivity index (χ0n) is 11.1. The molecule has 1 unspecified atom stereocenters. The molecule has 1 aromatic carbocycles. The van der Waals surface area contributed by atoms with Crippen LogP contribution < -0.4 is 11.2 Å². The summed E-state index contributed by atoms with van der Waals surface area (Å²) in [5, 5.41) is 0.832. The Kier molecular flexibility index (Phi) is 3.96. The van der Waals surface area contributed by atoms with Crippen LogP contribution in [0.2, 0.25) is 0 Å². The molecule has 2 rings (SSSR count). The van der Waals surface area contributed by atoms with Gasteiger partial charge in [0.2, 0.25) is 0 Å². The fourth-order valence-electron chi connectivity index (χ4n) is 1.97. The lowest BCUT2D eigenvalue weighted by molar-refractivity contribution is 0.486. The maximum atomic E-state index is 13.6. The van der Waals surface area contributed by atoms with E-state index in [4.69, 9.17) is 10.2 Å². The first-order valence-corrected chi connectivity index (χ1v) is 7.09. The Morgan fingerprint density at radius 1 is 1.47 bits per heavy atom. The van der Waals surface area contributed by atoms with E-state index in [9.17, 15) is 9.18 Å². The molecule has 5 heteroatoms. The van der Waals surface area contributed by atoms with Gasteiger partial charge in [0.15, 0.2) is 10.5 Å². The normalized spacial score (nSPS) is 12.9. The van der Waals surface area contributed by atoms with Crippen molar-refractivity contribution >= 4 is 22.7 Å². The van der Waals surface area contributed by atoms with E-state index in [1.54, 1.807) is 13.8 Å². The third kappa shape index (κ3) is 2.53. The summed E-state index contributed by atoms with van der Waals surface area (Å²) in [5.74, 6) is 0.326. The number of hydrogen-bond acceptors (Lipinski definition) is 4. The Morgan fingerprint density at radius 2 is 2.16 bits per heavy atom. The van der Waals surface area contributed by atoms with Gasteiger partial charge in [0, 0.05) is 17.2 Å². The smallest absolute Gasteiger partial charge is 0.196 e. The van der Waals surface area contributed by atoms with Gasteiger partial charge in [-0.3, -0.25) is 4.79 Å². The molecule has 1 heterocycles. The van der Waals surface area contributed by atoms with Crippen LogP contribution in [0.15, 0.2) is 26.4 Å². The molecule has 0 amide bonds. The number of nitrogens with two attached hydrogens (primary N) is 1. The molecule has 1 aromatic heterocycles. The average Bonchev–Trinajstić information content (AvgIpc) is 2.36. The van der Waals surface area contributed by atoms with E-state index in [0.29, 0.717) is 21.8 Å². The van der Waals surface area contributed by atoms with Crippen LogP contribution in [0.5, 0.6) is 0 Å². The minimum atomic E-state index is -0.470. The second kappa shape index (κ2) is 5.35. The van der Waals surface area contributed by atoms with Crippen LogP contribution in [0, 0.1) is 12.7 Å². The number of rotatable bonds is 3. The molecule has 1 atom stereocenters. The van der Waals surface area contributed by atoms with Crippen molar-refractivity contribution in [2.24, 2.45) is 5.73 Å². The van der Waals surface area contributed by atoms with Gasteiger partial charge in [0.25, 0.3) is 0 Å². The Morgan fingerprint density at radius 3 is 2.74 bits per heavy atom. The van der Waals surface area contributed by atoms with E-state index >= 15 is 0 Å². The highest BCUT2D eigenvalue weighted by atomic mass is 32.2. The number of thioether (sulfide) groups is 1. The van der Waals surface area contributed by atoms with Crippen molar-refractivity contribution in [1.29, 1.82) is 0 Å². The van der Waals surface area contributed by atoms with E-state index in [1.165, 1.54) is 23.9 Å². The lowest BCUT2D eigenvalue weighted by Gasteiger charge is -2.11. The fraction of sp³-hybridized carbons (Fsp3) is 0.357. The molecule has 0 aliphatic heterocycles. The molecule has 0 saturated carbocycles. The lowest BCUT2D eigenvalue weighted by atomic mass is 10.0. The third-order valence-electron chi connectivity index (χ3n) is 2.93. The number of benzene rings is 1. The summed E-state index contributed by atoms with van der Waals surface area (Å²) in [6.45, 7) is 5.41. The summed E-state index contributed by atoms with van der Waals surface area (Å²) in [7, 11) is 0. The molecule has 0 fully saturated rings. The summed E-state index contributed by atoms with van der Waals surface area (Å²) >= 11 is 1.45. The number of halogens is 1. The first-order valence-electron chi connectivity index (χ1n) is 6.11. The minimum Gasteiger partial charge on any atom is -0.449 e. The van der Waals surface area contributed by atoms with Gasteiger partial charge < -0.3 is 10.2 Å². The Bertz CT molecular complexity index is 679. The van der Waals surface area contributed by atoms with Crippen LogP contribution in [0.3, 0.4) is 0 Å². The third-order valence-corrected chi connectivity index (χ3v) is 3.87. The monoisotopic (exact) mass is 281 g/mol. The summed E-state index contributed by atoms with van der Waals surface area (Å²) in [6.07, 6.45) is 0. The van der Waals surface area contributed by atoms with Crippen LogP contribution in [-0.4, -0.2) is 5.75 Å². The maximum absolute atomic E-state index is 13.6. The standard InChI is InChI=1S/C14H16FNO2S/c1-4-19-14-7(2)12(17)11-6-9(15)5-10(8(3)16)13(11)18-14/h5-6,8H,4,16H2,1-3H3. The van der Waals surface area contributed by atoms with Crippen molar-refractivity contribution < 1.29 is 8.81 Å². The molecular formula is C14H16FNO2S. The Labute approximate surface area is 115 Å². The van der Waals surface area contributed by atoms with Gasteiger partial charge in [-0.15, -0.1) is 0 Å². The van der Waals surface area contributed by atoms with Gasteiger partial charge in [-0.2, -0.15) is 0 Å². The predicted molar refractivity (Wildman–Crippen MR) is 76.2 cm³/mol. The largest absolute Gasteiger partial charge is 0.449 e. The molecule has 0 saturated heterocycles. The molecular weight excluding hydrogens is 265 g/mol. The van der Waals surface area contributed by atoms with Crippen molar-refractivity contribution in [1.82, 2.24) is 0 Å². The molecule has 102 valence electrons. The highest BCUT2D eigenvalue weighted by Gasteiger charge is 2.17. The summed E-state index contributed by atoms with van der Waals surface area (Å²) in [5.41, 5.74) is 7.05. The Hall–Kier alpha value is -1.33. The zero-order chi connectivity index (χ0) is 14.2. The van der Waals surface area contributed by atoms with Crippen LogP contribution >= 0.6 is 11.8 Å². The topological polar surface area (TPSA) is 56.2 Å². The van der Waals surface area contributed by atoms with Gasteiger partial charge in [-0.05, 0) is 31.7 Å². The van der Waals surface area contributed by atoms with Crippen LogP contribution in [0.4, 0.5) is 4.39 Å². The molecule has 3 nitrogen and oxygen atoms in total. The number of fused-ring (bicyclic) bond motifs is 1. The lowest BCUT2D eigenvalue weighted by Crippen LogP contribution is -2.12. The van der Waals surface area contributed by atoms with E-state index in [2.05, 4.69) is 0 Å². The molecule has 2 aromatic rings. The summed E-state index contributed by atoms with van der Waals surface area (Å²) < 4.78 is 19.4. The van der Waals surface area contributed by atoms with Gasteiger partial charge in [-0.1, -0.05) is 18.7 Å². The summed E-state index contributed by atoms with van der Waals surface area (Å²) in [6, 6.07) is 2.13. The zero-order valence-corrected chi connectivity index (χ0v) is 11.9. The number of hydrogen-bond donors (Lipinski definition) is 1. The van der Waals surface area contributed by atoms with Crippen molar-refractivity contribution in [2.45, 2.75) is 31.9 Å². The first-order chi connectivity index (χ1) is 8.95. The van der Waals surface area contributed by atoms with E-state index in [1.807, 2.05) is 6.92 Å². The second-order valence-electron chi connectivity index (χ2n) is 4.44. The molecule has 0 aliphatic carbocycles. The van der Waals surface area contributed by atoms with Crippen molar-refractivity contribution in [3.63, 3.8) is 0 Å². The minimum absolute atomic E-state index is 0.196. The average molecular weight is 281 g/mol. The summed E-state index contributed by atoms with van der Waals surface area (Å²) in [4.78, 5) is 12.3. The van der Waals surface area contributed by atoms with Crippen molar-refractivity contribution in [3.05, 3.63) is 39.3 Å². The van der Waals surface area contributed by atoms with E-state index in [-0.39, 0.29) is 10.8 Å². The maximum Gasteiger partial charge on any atom is 0.196 e. The highest BCUT2D eigenvalue weighted by Crippen LogP contribution is 2.29. The van der Waals surface area contributed by atoms with Crippen LogP contribution in [0.1, 0.15) is 31.0 Å². The van der Waals surface area contributed by atoms with Gasteiger partial charge >= 0.3 is 0 Å². The van der Waals surface area contributed by atoms with Crippen molar-refractivity contribution in [2.75, 3.05) is 5.75 Å². The molecule has 2 N–H and O–H groups in total. The fourth-order valence-corrected chi connectivity index (χ4v) is 2.68. The van der Waals surface area contributed by atoms with Gasteiger partial charge in [0.1, 0.15) is 11.4 Å². The first kappa shape index (κ1) is 14.1. The van der Waals surface area contributed by atoms with E-state index < -0.39 is 11.9 Å². The van der Waals surface area contributed by atoms with E-state index in [0.717, 1.165) is 5.75 Å². The van der Waals surface area contributed by atoms with Gasteiger partial charge in [-0.25, -0.2) is 4.39 Å². The van der Waals surface area contributed by atoms with Crippen molar-refractivity contribution in [3.8, 4) is 0 Å². The SMILES string of the molecule is CCSc1oc2c(C(C)N)cc(F)cc2c(=O)c1C. The molecule has 19 heavy (non-hydrogen) atoms. The van der Waals surface area contributed by atoms with Crippen LogP contribution in [-0.2, 0) is 0 Å². The second-order valence-corrected chi connectivity index (χ2v) is 5.67. The molecule has 0 bridgehead atoms. The molecule has 0 radical (unpaired) electrons. The molecule has 0 aliphatic rings. The van der Waals surface area contributed by atoms with Gasteiger partial charge in [0.05, 0.1) is 5.39 Å². The Balaban J connectivity index is 2.88. The predicted octanol–water partition coefficient (Wildman–Crippen LogP) is 3.37. The highest BCUT2D eigenvalue weighted by molar-refractivity contribution is 7.99. The quantitative estimate of drug-likeness (QED) is 0.876. The van der Waals surface area contributed by atoms with Crippen LogP contribution in [0.25, 0.3) is 11.0 Å².